The fourth-order valence-electron chi connectivity index (χ4n) is 2.74. The molecule has 0 saturated carbocycles. The minimum Gasteiger partial charge on any atom is -0.493 e. The summed E-state index contributed by atoms with van der Waals surface area (Å²) in [5.41, 5.74) is 8.40. The van der Waals surface area contributed by atoms with Crippen molar-refractivity contribution in [1.82, 2.24) is 10.2 Å². The smallest absolute Gasteiger partial charge is 0.188 e. The van der Waals surface area contributed by atoms with Crippen molar-refractivity contribution < 1.29 is 9.47 Å². The van der Waals surface area contributed by atoms with E-state index in [2.05, 4.69) is 46.5 Å². The Kier molecular flexibility index (Phi) is 11.4. The molecule has 0 amide bonds. The van der Waals surface area contributed by atoms with Gasteiger partial charge in [0, 0.05) is 19.6 Å². The van der Waals surface area contributed by atoms with Gasteiger partial charge in [-0.3, -0.25) is 4.99 Å². The number of rotatable bonds is 10. The minimum absolute atomic E-state index is 0. The molecule has 154 valence electrons. The van der Waals surface area contributed by atoms with Crippen LogP contribution in [0, 0.1) is 0 Å². The number of halogens is 1. The maximum atomic E-state index is 5.95. The molecule has 0 aliphatic carbocycles. The fraction of sp³-hybridized carbons (Fsp3) is 0.381. The zero-order valence-corrected chi connectivity index (χ0v) is 19.2. The van der Waals surface area contributed by atoms with Gasteiger partial charge in [-0.2, -0.15) is 0 Å². The van der Waals surface area contributed by atoms with Gasteiger partial charge in [-0.05, 0) is 36.7 Å². The summed E-state index contributed by atoms with van der Waals surface area (Å²) in [6, 6.07) is 16.3. The van der Waals surface area contributed by atoms with Crippen molar-refractivity contribution >= 4 is 29.9 Å². The second-order valence-corrected chi connectivity index (χ2v) is 6.36. The van der Waals surface area contributed by atoms with Gasteiger partial charge in [0.1, 0.15) is 0 Å². The molecule has 2 rings (SSSR count). The number of nitrogens with one attached hydrogen (secondary N) is 1. The first kappa shape index (κ1) is 24.0. The molecule has 2 aromatic rings. The first-order chi connectivity index (χ1) is 13.1. The van der Waals surface area contributed by atoms with Gasteiger partial charge in [0.25, 0.3) is 0 Å². The van der Waals surface area contributed by atoms with Crippen molar-refractivity contribution in [3.05, 3.63) is 59.7 Å². The largest absolute Gasteiger partial charge is 0.493 e. The molecule has 0 heterocycles. The third kappa shape index (κ3) is 8.35. The van der Waals surface area contributed by atoms with Gasteiger partial charge in [-0.1, -0.05) is 36.4 Å². The number of ether oxygens (including phenoxy) is 2. The number of hydrogen-bond acceptors (Lipinski definition) is 4. The molecule has 0 spiro atoms. The molecule has 0 bridgehead atoms. The average molecular weight is 498 g/mol. The van der Waals surface area contributed by atoms with Crippen LogP contribution in [0.25, 0.3) is 0 Å². The van der Waals surface area contributed by atoms with E-state index in [0.29, 0.717) is 19.0 Å². The molecule has 2 aromatic carbocycles. The van der Waals surface area contributed by atoms with E-state index in [1.54, 1.807) is 14.2 Å². The number of aliphatic imine (C=N–C) groups is 1. The summed E-state index contributed by atoms with van der Waals surface area (Å²) < 4.78 is 10.6. The number of nitrogens with two attached hydrogens (primary N) is 1. The quantitative estimate of drug-likeness (QED) is 0.300. The lowest BCUT2D eigenvalue weighted by Crippen LogP contribution is -2.34. The normalized spacial score (nSPS) is 11.1. The van der Waals surface area contributed by atoms with Crippen LogP contribution in [0.1, 0.15) is 11.1 Å². The molecular formula is C21H31IN4O2. The van der Waals surface area contributed by atoms with Gasteiger partial charge < -0.3 is 25.4 Å². The summed E-state index contributed by atoms with van der Waals surface area (Å²) in [4.78, 5) is 6.63. The standard InChI is InChI=1S/C21H30N4O2.HI/c1-25(16-18-7-5-4-6-8-18)14-13-24-21(22)23-12-11-17-9-10-19(26-2)20(15-17)27-3;/h4-10,15H,11-14,16H2,1-3H3,(H3,22,23,24);1H. The van der Waals surface area contributed by atoms with Crippen molar-refractivity contribution in [2.24, 2.45) is 10.7 Å². The number of methoxy groups -OCH3 is 2. The van der Waals surface area contributed by atoms with Crippen LogP contribution in [-0.4, -0.2) is 51.8 Å². The maximum absolute atomic E-state index is 5.95. The molecule has 0 unspecified atom stereocenters. The number of nitrogens with zero attached hydrogens (tertiary/aromatic N) is 2. The second-order valence-electron chi connectivity index (χ2n) is 6.36. The van der Waals surface area contributed by atoms with Crippen LogP contribution in [0.3, 0.4) is 0 Å². The molecule has 0 atom stereocenters. The Balaban J connectivity index is 0.00000392. The Bertz CT molecular complexity index is 726. The van der Waals surface area contributed by atoms with E-state index in [1.807, 2.05) is 24.3 Å². The molecule has 0 saturated heterocycles. The van der Waals surface area contributed by atoms with E-state index in [9.17, 15) is 0 Å². The van der Waals surface area contributed by atoms with Gasteiger partial charge in [0.05, 0.1) is 20.8 Å². The highest BCUT2D eigenvalue weighted by Gasteiger charge is 2.04. The Morgan fingerprint density at radius 3 is 2.43 bits per heavy atom. The van der Waals surface area contributed by atoms with Crippen molar-refractivity contribution in [1.29, 1.82) is 0 Å². The predicted octanol–water partition coefficient (Wildman–Crippen LogP) is 2.90. The van der Waals surface area contributed by atoms with Gasteiger partial charge in [-0.25, -0.2) is 0 Å². The minimum atomic E-state index is 0. The third-order valence-corrected chi connectivity index (χ3v) is 4.23. The summed E-state index contributed by atoms with van der Waals surface area (Å²) >= 11 is 0. The molecule has 0 aliphatic rings. The lowest BCUT2D eigenvalue weighted by Gasteiger charge is -2.15. The summed E-state index contributed by atoms with van der Waals surface area (Å²) in [5.74, 6) is 1.94. The second kappa shape index (κ2) is 13.2. The van der Waals surface area contributed by atoms with E-state index in [1.165, 1.54) is 5.56 Å². The van der Waals surface area contributed by atoms with Crippen LogP contribution in [0.2, 0.25) is 0 Å². The van der Waals surface area contributed by atoms with E-state index in [0.717, 1.165) is 36.6 Å². The monoisotopic (exact) mass is 498 g/mol. The maximum Gasteiger partial charge on any atom is 0.188 e. The van der Waals surface area contributed by atoms with Gasteiger partial charge in [0.2, 0.25) is 0 Å². The number of guanidine groups is 1. The van der Waals surface area contributed by atoms with Crippen molar-refractivity contribution in [3.8, 4) is 11.5 Å². The first-order valence-electron chi connectivity index (χ1n) is 9.09. The third-order valence-electron chi connectivity index (χ3n) is 4.23. The zero-order valence-electron chi connectivity index (χ0n) is 16.9. The topological polar surface area (TPSA) is 72.1 Å². The van der Waals surface area contributed by atoms with Crippen LogP contribution in [0.4, 0.5) is 0 Å². The molecule has 0 aliphatic heterocycles. The lowest BCUT2D eigenvalue weighted by molar-refractivity contribution is 0.336. The van der Waals surface area contributed by atoms with Crippen molar-refractivity contribution in [3.63, 3.8) is 0 Å². The Morgan fingerprint density at radius 1 is 1.04 bits per heavy atom. The molecule has 3 N–H and O–H groups in total. The number of hydrogen-bond donors (Lipinski definition) is 2. The number of benzene rings is 2. The average Bonchev–Trinajstić information content (AvgIpc) is 2.68. The molecule has 0 aromatic heterocycles. The highest BCUT2D eigenvalue weighted by atomic mass is 127. The van der Waals surface area contributed by atoms with E-state index in [4.69, 9.17) is 15.2 Å². The Morgan fingerprint density at radius 2 is 1.75 bits per heavy atom. The van der Waals surface area contributed by atoms with E-state index in [-0.39, 0.29) is 24.0 Å². The van der Waals surface area contributed by atoms with E-state index >= 15 is 0 Å². The highest BCUT2D eigenvalue weighted by Crippen LogP contribution is 2.27. The molecule has 28 heavy (non-hydrogen) atoms. The van der Waals surface area contributed by atoms with Crippen LogP contribution in [-0.2, 0) is 13.0 Å². The fourth-order valence-corrected chi connectivity index (χ4v) is 2.74. The summed E-state index contributed by atoms with van der Waals surface area (Å²) in [6.45, 7) is 3.14. The summed E-state index contributed by atoms with van der Waals surface area (Å²) in [5, 5.41) is 3.16. The van der Waals surface area contributed by atoms with Crippen molar-refractivity contribution in [2.75, 3.05) is 40.9 Å². The summed E-state index contributed by atoms with van der Waals surface area (Å²) in [7, 11) is 5.36. The molecule has 6 nitrogen and oxygen atoms in total. The molecule has 0 radical (unpaired) electrons. The van der Waals surface area contributed by atoms with Gasteiger partial charge >= 0.3 is 0 Å². The number of likely N-dealkylation sites (N-methyl/N-ethyl adjacent to an activating group) is 1. The Hall–Kier alpha value is -2.00. The first-order valence-corrected chi connectivity index (χ1v) is 9.09. The van der Waals surface area contributed by atoms with Crippen LogP contribution in [0.5, 0.6) is 11.5 Å². The molecule has 0 fully saturated rings. The molecule has 7 heteroatoms. The predicted molar refractivity (Wildman–Crippen MR) is 126 cm³/mol. The zero-order chi connectivity index (χ0) is 19.5. The van der Waals surface area contributed by atoms with Crippen molar-refractivity contribution in [2.45, 2.75) is 13.0 Å². The lowest BCUT2D eigenvalue weighted by atomic mass is 10.1. The molecular weight excluding hydrogens is 467 g/mol. The summed E-state index contributed by atoms with van der Waals surface area (Å²) in [6.07, 6.45) is 0.824. The SMILES string of the molecule is COc1ccc(CCNC(N)=NCCN(C)Cc2ccccc2)cc1OC.I. The van der Waals surface area contributed by atoms with Crippen LogP contribution in [0.15, 0.2) is 53.5 Å². The Labute approximate surface area is 185 Å². The van der Waals surface area contributed by atoms with Crippen LogP contribution < -0.4 is 20.5 Å². The van der Waals surface area contributed by atoms with Gasteiger partial charge in [-0.15, -0.1) is 24.0 Å². The van der Waals surface area contributed by atoms with E-state index < -0.39 is 0 Å². The highest BCUT2D eigenvalue weighted by molar-refractivity contribution is 14.0. The van der Waals surface area contributed by atoms with Gasteiger partial charge in [0.15, 0.2) is 17.5 Å². The van der Waals surface area contributed by atoms with Crippen LogP contribution >= 0.6 is 24.0 Å².